The van der Waals surface area contributed by atoms with E-state index in [0.717, 1.165) is 25.1 Å². The van der Waals surface area contributed by atoms with E-state index in [1.807, 2.05) is 0 Å². The molecule has 4 nitrogen and oxygen atoms in total. The molecule has 1 saturated heterocycles. The third-order valence-electron chi connectivity index (χ3n) is 2.62. The SMILES string of the molecule is O=C(O)c1cc(C2CCNC2)cnc1Cl. The van der Waals surface area contributed by atoms with E-state index in [1.54, 1.807) is 12.3 Å². The fourth-order valence-electron chi connectivity index (χ4n) is 1.78. The van der Waals surface area contributed by atoms with Gasteiger partial charge in [0.25, 0.3) is 0 Å². The van der Waals surface area contributed by atoms with Crippen molar-refractivity contribution in [2.75, 3.05) is 13.1 Å². The van der Waals surface area contributed by atoms with Crippen molar-refractivity contribution in [3.05, 3.63) is 28.5 Å². The monoisotopic (exact) mass is 226 g/mol. The molecule has 0 aromatic carbocycles. The molecule has 1 unspecified atom stereocenters. The molecule has 0 saturated carbocycles. The number of aromatic carboxylic acids is 1. The van der Waals surface area contributed by atoms with Crippen molar-refractivity contribution in [1.82, 2.24) is 10.3 Å². The molecule has 0 spiro atoms. The van der Waals surface area contributed by atoms with Gasteiger partial charge in [-0.1, -0.05) is 11.6 Å². The van der Waals surface area contributed by atoms with Gasteiger partial charge in [0, 0.05) is 12.7 Å². The van der Waals surface area contributed by atoms with E-state index in [1.165, 1.54) is 0 Å². The fourth-order valence-corrected chi connectivity index (χ4v) is 1.96. The van der Waals surface area contributed by atoms with Crippen LogP contribution in [-0.4, -0.2) is 29.1 Å². The Bertz CT molecular complexity index is 389. The number of carbonyl (C=O) groups is 1. The maximum absolute atomic E-state index is 10.8. The van der Waals surface area contributed by atoms with Gasteiger partial charge in [-0.15, -0.1) is 0 Å². The number of halogens is 1. The zero-order valence-corrected chi connectivity index (χ0v) is 8.79. The highest BCUT2D eigenvalue weighted by Gasteiger charge is 2.19. The summed E-state index contributed by atoms with van der Waals surface area (Å²) in [6.45, 7) is 1.85. The summed E-state index contributed by atoms with van der Waals surface area (Å²) in [6, 6.07) is 1.62. The Balaban J connectivity index is 2.33. The van der Waals surface area contributed by atoms with Crippen molar-refractivity contribution in [2.45, 2.75) is 12.3 Å². The van der Waals surface area contributed by atoms with Crippen LogP contribution in [0.2, 0.25) is 5.15 Å². The van der Waals surface area contributed by atoms with Gasteiger partial charge in [0.15, 0.2) is 0 Å². The lowest BCUT2D eigenvalue weighted by molar-refractivity contribution is 0.0696. The van der Waals surface area contributed by atoms with Gasteiger partial charge in [-0.05, 0) is 30.5 Å². The highest BCUT2D eigenvalue weighted by molar-refractivity contribution is 6.32. The molecular formula is C10H11ClN2O2. The van der Waals surface area contributed by atoms with Crippen LogP contribution in [0.5, 0.6) is 0 Å². The second kappa shape index (κ2) is 4.16. The van der Waals surface area contributed by atoms with E-state index in [0.29, 0.717) is 5.92 Å². The summed E-state index contributed by atoms with van der Waals surface area (Å²) in [6.07, 6.45) is 2.68. The molecule has 1 aliphatic heterocycles. The standard InChI is InChI=1S/C10H11ClN2O2/c11-9-8(10(14)15)3-7(5-13-9)6-1-2-12-4-6/h3,5-6,12H,1-2,4H2,(H,14,15). The molecular weight excluding hydrogens is 216 g/mol. The average Bonchev–Trinajstić information content (AvgIpc) is 2.71. The smallest absolute Gasteiger partial charge is 0.338 e. The number of rotatable bonds is 2. The Morgan fingerprint density at radius 3 is 3.07 bits per heavy atom. The summed E-state index contributed by atoms with van der Waals surface area (Å²) >= 11 is 5.69. The number of carboxylic acids is 1. The van der Waals surface area contributed by atoms with Gasteiger partial charge in [-0.2, -0.15) is 0 Å². The molecule has 2 N–H and O–H groups in total. The predicted octanol–water partition coefficient (Wildman–Crippen LogP) is 1.51. The van der Waals surface area contributed by atoms with Crippen LogP contribution < -0.4 is 5.32 Å². The van der Waals surface area contributed by atoms with Crippen molar-refractivity contribution >= 4 is 17.6 Å². The molecule has 2 heterocycles. The number of aromatic nitrogens is 1. The number of pyridine rings is 1. The van der Waals surface area contributed by atoms with Gasteiger partial charge in [0.2, 0.25) is 0 Å². The molecule has 1 aliphatic rings. The maximum Gasteiger partial charge on any atom is 0.338 e. The maximum atomic E-state index is 10.8. The summed E-state index contributed by atoms with van der Waals surface area (Å²) in [5.74, 6) is -0.673. The van der Waals surface area contributed by atoms with Crippen LogP contribution in [0.25, 0.3) is 0 Å². The van der Waals surface area contributed by atoms with Crippen LogP contribution >= 0.6 is 11.6 Å². The van der Waals surface area contributed by atoms with Crippen molar-refractivity contribution in [3.63, 3.8) is 0 Å². The van der Waals surface area contributed by atoms with Crippen molar-refractivity contribution in [1.29, 1.82) is 0 Å². The molecule has 0 bridgehead atoms. The highest BCUT2D eigenvalue weighted by atomic mass is 35.5. The van der Waals surface area contributed by atoms with Crippen LogP contribution in [0, 0.1) is 0 Å². The van der Waals surface area contributed by atoms with E-state index in [4.69, 9.17) is 16.7 Å². The molecule has 5 heteroatoms. The zero-order valence-electron chi connectivity index (χ0n) is 8.03. The summed E-state index contributed by atoms with van der Waals surface area (Å²) in [5.41, 5.74) is 1.03. The summed E-state index contributed by atoms with van der Waals surface area (Å²) in [5, 5.41) is 12.2. The Hall–Kier alpha value is -1.13. The van der Waals surface area contributed by atoms with E-state index in [-0.39, 0.29) is 10.7 Å². The third-order valence-corrected chi connectivity index (χ3v) is 2.92. The number of hydrogen-bond acceptors (Lipinski definition) is 3. The minimum Gasteiger partial charge on any atom is -0.478 e. The van der Waals surface area contributed by atoms with Gasteiger partial charge >= 0.3 is 5.97 Å². The normalized spacial score (nSPS) is 20.5. The molecule has 1 aromatic heterocycles. The quantitative estimate of drug-likeness (QED) is 0.751. The second-order valence-corrected chi connectivity index (χ2v) is 3.96. The Morgan fingerprint density at radius 1 is 1.67 bits per heavy atom. The minimum absolute atomic E-state index is 0.0530. The van der Waals surface area contributed by atoms with E-state index < -0.39 is 5.97 Å². The van der Waals surface area contributed by atoms with Gasteiger partial charge < -0.3 is 10.4 Å². The number of hydrogen-bond donors (Lipinski definition) is 2. The first kappa shape index (κ1) is 10.4. The first-order chi connectivity index (χ1) is 7.18. The number of nitrogens with one attached hydrogen (secondary N) is 1. The molecule has 15 heavy (non-hydrogen) atoms. The van der Waals surface area contributed by atoms with E-state index in [9.17, 15) is 4.79 Å². The Labute approximate surface area is 92.3 Å². The van der Waals surface area contributed by atoms with Crippen molar-refractivity contribution in [2.24, 2.45) is 0 Å². The molecule has 0 amide bonds. The third kappa shape index (κ3) is 2.11. The van der Waals surface area contributed by atoms with Gasteiger partial charge in [-0.3, -0.25) is 0 Å². The highest BCUT2D eigenvalue weighted by Crippen LogP contribution is 2.24. The molecule has 1 aromatic rings. The van der Waals surface area contributed by atoms with Crippen LogP contribution in [0.15, 0.2) is 12.3 Å². The largest absolute Gasteiger partial charge is 0.478 e. The zero-order chi connectivity index (χ0) is 10.8. The van der Waals surface area contributed by atoms with Gasteiger partial charge in [0.05, 0.1) is 5.56 Å². The van der Waals surface area contributed by atoms with Crippen LogP contribution in [0.4, 0.5) is 0 Å². The van der Waals surface area contributed by atoms with Crippen molar-refractivity contribution in [3.8, 4) is 0 Å². The first-order valence-corrected chi connectivity index (χ1v) is 5.15. The Morgan fingerprint density at radius 2 is 2.47 bits per heavy atom. The Kier molecular flexibility index (Phi) is 2.88. The van der Waals surface area contributed by atoms with Gasteiger partial charge in [-0.25, -0.2) is 9.78 Å². The lowest BCUT2D eigenvalue weighted by Crippen LogP contribution is -2.09. The molecule has 1 atom stereocenters. The summed E-state index contributed by atoms with van der Waals surface area (Å²) < 4.78 is 0. The fraction of sp³-hybridized carbons (Fsp3) is 0.400. The lowest BCUT2D eigenvalue weighted by Gasteiger charge is -2.09. The van der Waals surface area contributed by atoms with Gasteiger partial charge in [0.1, 0.15) is 5.15 Å². The molecule has 0 radical (unpaired) electrons. The minimum atomic E-state index is -1.03. The van der Waals surface area contributed by atoms with E-state index >= 15 is 0 Å². The van der Waals surface area contributed by atoms with Crippen LogP contribution in [0.3, 0.4) is 0 Å². The van der Waals surface area contributed by atoms with E-state index in [2.05, 4.69) is 10.3 Å². The predicted molar refractivity (Wildman–Crippen MR) is 56.4 cm³/mol. The average molecular weight is 227 g/mol. The summed E-state index contributed by atoms with van der Waals surface area (Å²) in [4.78, 5) is 14.8. The number of carboxylic acid groups (broad SMARTS) is 1. The molecule has 1 fully saturated rings. The molecule has 2 rings (SSSR count). The summed E-state index contributed by atoms with van der Waals surface area (Å²) in [7, 11) is 0. The first-order valence-electron chi connectivity index (χ1n) is 4.78. The lowest BCUT2D eigenvalue weighted by atomic mass is 9.99. The van der Waals surface area contributed by atoms with Crippen molar-refractivity contribution < 1.29 is 9.90 Å². The second-order valence-electron chi connectivity index (χ2n) is 3.60. The van der Waals surface area contributed by atoms with Crippen LogP contribution in [-0.2, 0) is 0 Å². The topological polar surface area (TPSA) is 62.2 Å². The number of nitrogens with zero attached hydrogens (tertiary/aromatic N) is 1. The van der Waals surface area contributed by atoms with Crippen LogP contribution in [0.1, 0.15) is 28.3 Å². The molecule has 80 valence electrons. The molecule has 0 aliphatic carbocycles.